The van der Waals surface area contributed by atoms with Crippen molar-refractivity contribution < 1.29 is 19.1 Å². The molecule has 0 atom stereocenters. The van der Waals surface area contributed by atoms with Crippen LogP contribution in [0.1, 0.15) is 16.7 Å². The lowest BCUT2D eigenvalue weighted by Crippen LogP contribution is -2.26. The molecule has 9 heteroatoms. The fourth-order valence-electron chi connectivity index (χ4n) is 3.22. The zero-order chi connectivity index (χ0) is 21.7. The lowest BCUT2D eigenvalue weighted by Gasteiger charge is -2.16. The van der Waals surface area contributed by atoms with Crippen molar-refractivity contribution in [1.29, 1.82) is 0 Å². The first-order valence-corrected chi connectivity index (χ1v) is 9.50. The number of carbonyl (C=O) groups is 2. The SMILES string of the molecule is COc1cc(CN(C)C(=O)/C=C/c2cnc3c(c2)CN(C)CC(=O)N3)cc(OC)c1.Cl. The number of halogens is 1. The number of ether oxygens (including phenoxy) is 2. The first-order chi connectivity index (χ1) is 14.4. The van der Waals surface area contributed by atoms with Crippen LogP contribution in [0.3, 0.4) is 0 Å². The molecule has 1 aromatic heterocycles. The lowest BCUT2D eigenvalue weighted by atomic mass is 10.1. The molecule has 2 aromatic rings. The first-order valence-electron chi connectivity index (χ1n) is 9.50. The second-order valence-electron chi connectivity index (χ2n) is 7.25. The van der Waals surface area contributed by atoms with Crippen LogP contribution in [0.5, 0.6) is 11.5 Å². The van der Waals surface area contributed by atoms with E-state index in [1.165, 1.54) is 6.08 Å². The van der Waals surface area contributed by atoms with Gasteiger partial charge in [0.2, 0.25) is 11.8 Å². The summed E-state index contributed by atoms with van der Waals surface area (Å²) in [6, 6.07) is 7.46. The molecule has 0 saturated heterocycles. The molecule has 0 saturated carbocycles. The van der Waals surface area contributed by atoms with E-state index in [1.54, 1.807) is 44.5 Å². The Kier molecular flexibility index (Phi) is 8.41. The van der Waals surface area contributed by atoms with Crippen molar-refractivity contribution in [2.45, 2.75) is 13.1 Å². The summed E-state index contributed by atoms with van der Waals surface area (Å²) in [6.45, 7) is 1.34. The molecule has 1 N–H and O–H groups in total. The Bertz CT molecular complexity index is 958. The summed E-state index contributed by atoms with van der Waals surface area (Å²) in [6.07, 6.45) is 4.88. The number of hydrogen-bond acceptors (Lipinski definition) is 6. The quantitative estimate of drug-likeness (QED) is 0.686. The Morgan fingerprint density at radius 2 is 1.87 bits per heavy atom. The minimum Gasteiger partial charge on any atom is -0.497 e. The third-order valence-corrected chi connectivity index (χ3v) is 4.72. The van der Waals surface area contributed by atoms with E-state index in [0.29, 0.717) is 37.0 Å². The molecule has 0 fully saturated rings. The maximum Gasteiger partial charge on any atom is 0.246 e. The first kappa shape index (κ1) is 24.2. The Labute approximate surface area is 188 Å². The Balaban J connectivity index is 0.00000341. The molecule has 8 nitrogen and oxygen atoms in total. The number of likely N-dealkylation sites (N-methyl/N-ethyl adjacent to an activating group) is 2. The van der Waals surface area contributed by atoms with Gasteiger partial charge in [-0.15, -0.1) is 12.4 Å². The summed E-state index contributed by atoms with van der Waals surface area (Å²) in [5.74, 6) is 1.69. The zero-order valence-corrected chi connectivity index (χ0v) is 18.9. The molecule has 0 aliphatic carbocycles. The fraction of sp³-hybridized carbons (Fsp3) is 0.318. The van der Waals surface area contributed by atoms with Crippen LogP contribution >= 0.6 is 12.4 Å². The van der Waals surface area contributed by atoms with E-state index in [2.05, 4.69) is 10.3 Å². The third-order valence-electron chi connectivity index (χ3n) is 4.72. The molecule has 31 heavy (non-hydrogen) atoms. The second-order valence-corrected chi connectivity index (χ2v) is 7.25. The summed E-state index contributed by atoms with van der Waals surface area (Å²) in [7, 11) is 6.80. The van der Waals surface area contributed by atoms with Gasteiger partial charge in [0, 0.05) is 44.0 Å². The molecule has 0 radical (unpaired) electrons. The van der Waals surface area contributed by atoms with Gasteiger partial charge < -0.3 is 19.7 Å². The molecular formula is C22H27ClN4O4. The Morgan fingerprint density at radius 3 is 2.52 bits per heavy atom. The highest BCUT2D eigenvalue weighted by atomic mass is 35.5. The molecule has 2 amide bonds. The van der Waals surface area contributed by atoms with Gasteiger partial charge in [-0.05, 0) is 42.4 Å². The maximum absolute atomic E-state index is 12.6. The van der Waals surface area contributed by atoms with Crippen molar-refractivity contribution in [3.05, 3.63) is 53.2 Å². The average Bonchev–Trinajstić information content (AvgIpc) is 2.87. The number of carbonyl (C=O) groups excluding carboxylic acids is 2. The van der Waals surface area contributed by atoms with E-state index in [9.17, 15) is 9.59 Å². The van der Waals surface area contributed by atoms with Gasteiger partial charge in [-0.1, -0.05) is 0 Å². The van der Waals surface area contributed by atoms with Crippen molar-refractivity contribution in [2.24, 2.45) is 0 Å². The number of anilines is 1. The van der Waals surface area contributed by atoms with Crippen LogP contribution in [-0.2, 0) is 22.7 Å². The van der Waals surface area contributed by atoms with Crippen molar-refractivity contribution in [2.75, 3.05) is 40.2 Å². The second kappa shape index (κ2) is 10.8. The largest absolute Gasteiger partial charge is 0.497 e. The van der Waals surface area contributed by atoms with Gasteiger partial charge in [-0.25, -0.2) is 4.98 Å². The number of hydrogen-bond donors (Lipinski definition) is 1. The van der Waals surface area contributed by atoms with Crippen molar-refractivity contribution in [3.8, 4) is 11.5 Å². The molecule has 3 rings (SSSR count). The molecule has 1 aliphatic heterocycles. The highest BCUT2D eigenvalue weighted by molar-refractivity contribution is 5.93. The van der Waals surface area contributed by atoms with Gasteiger partial charge in [-0.3, -0.25) is 14.5 Å². The standard InChI is InChI=1S/C22H26N4O4.ClH/c1-25-13-17-7-15(11-23-22(17)24-20(27)14-25)5-6-21(28)26(2)12-16-8-18(29-3)10-19(9-16)30-4;/h5-11H,12-14H2,1-4H3,(H,23,24,27);1H/b6-5+;. The molecule has 0 unspecified atom stereocenters. The number of nitrogens with one attached hydrogen (secondary N) is 1. The van der Waals surface area contributed by atoms with Crippen molar-refractivity contribution in [3.63, 3.8) is 0 Å². The molecule has 0 bridgehead atoms. The Hall–Kier alpha value is -3.10. The average molecular weight is 447 g/mol. The van der Waals surface area contributed by atoms with E-state index in [0.717, 1.165) is 16.7 Å². The molecule has 2 heterocycles. The highest BCUT2D eigenvalue weighted by Crippen LogP contribution is 2.23. The maximum atomic E-state index is 12.6. The molecule has 1 aliphatic rings. The molecule has 166 valence electrons. The van der Waals surface area contributed by atoms with Crippen LogP contribution < -0.4 is 14.8 Å². The number of pyridine rings is 1. The van der Waals surface area contributed by atoms with E-state index in [1.807, 2.05) is 30.1 Å². The third kappa shape index (κ3) is 6.44. The zero-order valence-electron chi connectivity index (χ0n) is 18.0. The van der Waals surface area contributed by atoms with Crippen LogP contribution in [-0.4, -0.2) is 61.5 Å². The van der Waals surface area contributed by atoms with Crippen molar-refractivity contribution >= 4 is 36.1 Å². The van der Waals surface area contributed by atoms with E-state index in [-0.39, 0.29) is 24.2 Å². The summed E-state index contributed by atoms with van der Waals surface area (Å²) in [5, 5.41) is 2.80. The fourth-order valence-corrected chi connectivity index (χ4v) is 3.22. The summed E-state index contributed by atoms with van der Waals surface area (Å²) >= 11 is 0. The van der Waals surface area contributed by atoms with Gasteiger partial charge in [0.05, 0.1) is 20.8 Å². The summed E-state index contributed by atoms with van der Waals surface area (Å²) < 4.78 is 10.6. The van der Waals surface area contributed by atoms with Crippen LogP contribution in [0.15, 0.2) is 36.5 Å². The summed E-state index contributed by atoms with van der Waals surface area (Å²) in [5.41, 5.74) is 2.61. The van der Waals surface area contributed by atoms with Gasteiger partial charge in [0.15, 0.2) is 0 Å². The van der Waals surface area contributed by atoms with Crippen LogP contribution in [0.2, 0.25) is 0 Å². The van der Waals surface area contributed by atoms with Gasteiger partial charge in [0.1, 0.15) is 17.3 Å². The lowest BCUT2D eigenvalue weighted by molar-refractivity contribution is -0.125. The van der Waals surface area contributed by atoms with Crippen LogP contribution in [0.25, 0.3) is 6.08 Å². The number of methoxy groups -OCH3 is 2. The smallest absolute Gasteiger partial charge is 0.246 e. The number of benzene rings is 1. The normalized spacial score (nSPS) is 13.6. The monoisotopic (exact) mass is 446 g/mol. The number of nitrogens with zero attached hydrogens (tertiary/aromatic N) is 3. The van der Waals surface area contributed by atoms with Crippen molar-refractivity contribution in [1.82, 2.24) is 14.8 Å². The van der Waals surface area contributed by atoms with E-state index in [4.69, 9.17) is 9.47 Å². The number of amides is 2. The number of rotatable bonds is 6. The van der Waals surface area contributed by atoms with E-state index < -0.39 is 0 Å². The van der Waals surface area contributed by atoms with Gasteiger partial charge >= 0.3 is 0 Å². The van der Waals surface area contributed by atoms with E-state index >= 15 is 0 Å². The topological polar surface area (TPSA) is 84.0 Å². The van der Waals surface area contributed by atoms with Crippen LogP contribution in [0, 0.1) is 0 Å². The minimum atomic E-state index is -0.142. The molecule has 1 aromatic carbocycles. The van der Waals surface area contributed by atoms with Gasteiger partial charge in [-0.2, -0.15) is 0 Å². The minimum absolute atomic E-state index is 0. The molecule has 0 spiro atoms. The van der Waals surface area contributed by atoms with Crippen LogP contribution in [0.4, 0.5) is 5.82 Å². The number of fused-ring (bicyclic) bond motifs is 1. The molecular weight excluding hydrogens is 420 g/mol. The summed E-state index contributed by atoms with van der Waals surface area (Å²) in [4.78, 5) is 32.2. The Morgan fingerprint density at radius 1 is 1.19 bits per heavy atom. The predicted molar refractivity (Wildman–Crippen MR) is 122 cm³/mol. The number of aromatic nitrogens is 1. The van der Waals surface area contributed by atoms with Gasteiger partial charge in [0.25, 0.3) is 0 Å². The highest BCUT2D eigenvalue weighted by Gasteiger charge is 2.17. The predicted octanol–water partition coefficient (Wildman–Crippen LogP) is 2.58.